The van der Waals surface area contributed by atoms with Gasteiger partial charge in [0.2, 0.25) is 0 Å². The van der Waals surface area contributed by atoms with E-state index in [1.165, 1.54) is 19.9 Å². The molecule has 0 saturated carbocycles. The summed E-state index contributed by atoms with van der Waals surface area (Å²) in [6.07, 6.45) is 2.37. The first-order chi connectivity index (χ1) is 19.7. The molecule has 220 valence electrons. The number of carbonyl (C=O) groups is 4. The predicted molar refractivity (Wildman–Crippen MR) is 157 cm³/mol. The van der Waals surface area contributed by atoms with Gasteiger partial charge in [-0.2, -0.15) is 0 Å². The summed E-state index contributed by atoms with van der Waals surface area (Å²) in [7, 11) is 0. The van der Waals surface area contributed by atoms with Crippen LogP contribution >= 0.6 is 0 Å². The van der Waals surface area contributed by atoms with Gasteiger partial charge in [0.1, 0.15) is 23.0 Å². The van der Waals surface area contributed by atoms with Gasteiger partial charge in [-0.1, -0.05) is 64.1 Å². The first kappa shape index (κ1) is 29.5. The molecule has 7 heteroatoms. The van der Waals surface area contributed by atoms with Crippen molar-refractivity contribution < 1.29 is 33.4 Å². The number of allylic oxidation sites excluding steroid dienone is 4. The van der Waals surface area contributed by atoms with Crippen molar-refractivity contribution in [3.63, 3.8) is 0 Å². The average Bonchev–Trinajstić information content (AvgIpc) is 2.85. The molecule has 1 heterocycles. The number of carbonyl (C=O) groups excluding carboxylic acids is 4. The Labute approximate surface area is 246 Å². The van der Waals surface area contributed by atoms with Crippen LogP contribution in [0.3, 0.4) is 0 Å². The highest BCUT2D eigenvalue weighted by molar-refractivity contribution is 6.04. The Morgan fingerprint density at radius 2 is 1.36 bits per heavy atom. The van der Waals surface area contributed by atoms with Gasteiger partial charge in [-0.05, 0) is 28.9 Å². The Morgan fingerprint density at radius 1 is 0.810 bits per heavy atom. The first-order valence-electron chi connectivity index (χ1n) is 14.5. The van der Waals surface area contributed by atoms with E-state index in [-0.39, 0.29) is 39.8 Å². The highest BCUT2D eigenvalue weighted by Gasteiger charge is 2.48. The van der Waals surface area contributed by atoms with Crippen molar-refractivity contribution in [1.82, 2.24) is 0 Å². The highest BCUT2D eigenvalue weighted by atomic mass is 16.5. The largest absolute Gasteiger partial charge is 0.465 e. The zero-order valence-corrected chi connectivity index (χ0v) is 25.2. The van der Waals surface area contributed by atoms with Gasteiger partial charge < -0.3 is 14.2 Å². The fourth-order valence-electron chi connectivity index (χ4n) is 6.68. The topological polar surface area (TPSA) is 96.0 Å². The molecule has 0 aromatic heterocycles. The van der Waals surface area contributed by atoms with Crippen molar-refractivity contribution in [2.24, 2.45) is 16.7 Å². The summed E-state index contributed by atoms with van der Waals surface area (Å²) in [5, 5.41) is 0. The van der Waals surface area contributed by atoms with E-state index >= 15 is 0 Å². The van der Waals surface area contributed by atoms with Gasteiger partial charge in [0.15, 0.2) is 11.6 Å². The minimum Gasteiger partial charge on any atom is -0.465 e. The van der Waals surface area contributed by atoms with E-state index in [1.54, 1.807) is 12.1 Å². The molecule has 0 N–H and O–H groups in total. The van der Waals surface area contributed by atoms with Crippen molar-refractivity contribution in [3.05, 3.63) is 82.3 Å². The zero-order valence-electron chi connectivity index (χ0n) is 25.2. The van der Waals surface area contributed by atoms with Crippen LogP contribution in [0, 0.1) is 16.7 Å². The lowest BCUT2D eigenvalue weighted by Crippen LogP contribution is -2.39. The van der Waals surface area contributed by atoms with Crippen LogP contribution in [0.15, 0.2) is 71.2 Å². The third kappa shape index (κ3) is 6.10. The molecular formula is C35H38O7. The zero-order chi connectivity index (χ0) is 30.4. The third-order valence-electron chi connectivity index (χ3n) is 8.25. The molecule has 2 aromatic rings. The Hall–Kier alpha value is -4.00. The Kier molecular flexibility index (Phi) is 7.73. The molecule has 0 amide bonds. The van der Waals surface area contributed by atoms with Crippen LogP contribution < -0.4 is 9.47 Å². The monoisotopic (exact) mass is 570 g/mol. The minimum atomic E-state index is -0.515. The number of hydrogen-bond donors (Lipinski definition) is 0. The Morgan fingerprint density at radius 3 is 1.88 bits per heavy atom. The summed E-state index contributed by atoms with van der Waals surface area (Å²) in [6.45, 7) is 10.9. The molecular weight excluding hydrogens is 532 g/mol. The van der Waals surface area contributed by atoms with E-state index in [0.717, 1.165) is 5.56 Å². The summed E-state index contributed by atoms with van der Waals surface area (Å²) in [6, 6.07) is 14.8. The standard InChI is InChI=1S/C35H38O7/c1-20(36)40-23-12-13-24(29(14-23)41-21(2)37)25(22-10-8-7-9-11-22)15-26-32-27(38)16-34(3,4)18-30(32)42-31-19-35(5,6)17-28(39)33(26)31/h7-14,25-26H,15-19H2,1-6H3. The lowest BCUT2D eigenvalue weighted by Gasteiger charge is -2.43. The van der Waals surface area contributed by atoms with Gasteiger partial charge in [0.25, 0.3) is 0 Å². The molecule has 3 aliphatic rings. The minimum absolute atomic E-state index is 0.00709. The van der Waals surface area contributed by atoms with Gasteiger partial charge in [0, 0.05) is 74.1 Å². The molecule has 1 unspecified atom stereocenters. The summed E-state index contributed by atoms with van der Waals surface area (Å²) < 4.78 is 17.4. The van der Waals surface area contributed by atoms with Gasteiger partial charge >= 0.3 is 11.9 Å². The van der Waals surface area contributed by atoms with Crippen LogP contribution in [0.5, 0.6) is 11.5 Å². The lowest BCUT2D eigenvalue weighted by molar-refractivity contribution is -0.132. The molecule has 2 aliphatic carbocycles. The fraction of sp³-hybridized carbons (Fsp3) is 0.429. The highest BCUT2D eigenvalue weighted by Crippen LogP contribution is 2.53. The maximum atomic E-state index is 13.8. The van der Waals surface area contributed by atoms with Crippen molar-refractivity contribution in [3.8, 4) is 11.5 Å². The van der Waals surface area contributed by atoms with E-state index in [2.05, 4.69) is 27.7 Å². The smallest absolute Gasteiger partial charge is 0.308 e. The van der Waals surface area contributed by atoms with E-state index < -0.39 is 17.9 Å². The van der Waals surface area contributed by atoms with Gasteiger partial charge in [-0.25, -0.2) is 0 Å². The first-order valence-corrected chi connectivity index (χ1v) is 14.5. The number of Topliss-reactive ketones (excluding diaryl/α,β-unsaturated/α-hetero) is 2. The summed E-state index contributed by atoms with van der Waals surface area (Å²) >= 11 is 0. The third-order valence-corrected chi connectivity index (χ3v) is 8.25. The second kappa shape index (κ2) is 11.0. The molecule has 0 fully saturated rings. The lowest BCUT2D eigenvalue weighted by atomic mass is 9.65. The van der Waals surface area contributed by atoms with Gasteiger partial charge in [0.05, 0.1) is 0 Å². The normalized spacial score (nSPS) is 20.3. The van der Waals surface area contributed by atoms with Crippen LogP contribution in [-0.4, -0.2) is 23.5 Å². The molecule has 0 radical (unpaired) electrons. The second-order valence-corrected chi connectivity index (χ2v) is 13.3. The summed E-state index contributed by atoms with van der Waals surface area (Å²) in [5.41, 5.74) is 2.31. The van der Waals surface area contributed by atoms with Gasteiger partial charge in [-0.15, -0.1) is 0 Å². The number of hydrogen-bond acceptors (Lipinski definition) is 7. The number of rotatable bonds is 6. The molecule has 2 aromatic carbocycles. The number of esters is 2. The van der Waals surface area contributed by atoms with Crippen molar-refractivity contribution in [1.29, 1.82) is 0 Å². The van der Waals surface area contributed by atoms with Crippen molar-refractivity contribution in [2.75, 3.05) is 0 Å². The molecule has 0 bridgehead atoms. The fourth-order valence-corrected chi connectivity index (χ4v) is 6.68. The quantitative estimate of drug-likeness (QED) is 0.273. The number of ether oxygens (including phenoxy) is 3. The van der Waals surface area contributed by atoms with Crippen LogP contribution in [-0.2, 0) is 23.9 Å². The summed E-state index contributed by atoms with van der Waals surface area (Å²) in [5.74, 6) is 0.0315. The van der Waals surface area contributed by atoms with Crippen LogP contribution in [0.4, 0.5) is 0 Å². The molecule has 7 nitrogen and oxygen atoms in total. The number of ketones is 2. The molecule has 5 rings (SSSR count). The Bertz CT molecular complexity index is 1470. The SMILES string of the molecule is CC(=O)Oc1ccc(C(CC2C3=C(CC(C)(C)CC3=O)OC3=C2C(=O)CC(C)(C)C3)c2ccccc2)c(OC(C)=O)c1. The molecule has 42 heavy (non-hydrogen) atoms. The van der Waals surface area contributed by atoms with Crippen molar-refractivity contribution >= 4 is 23.5 Å². The van der Waals surface area contributed by atoms with E-state index in [9.17, 15) is 19.2 Å². The van der Waals surface area contributed by atoms with Gasteiger partial charge in [-0.3, -0.25) is 19.2 Å². The van der Waals surface area contributed by atoms with E-state index in [1.807, 2.05) is 30.3 Å². The van der Waals surface area contributed by atoms with Crippen molar-refractivity contribution in [2.45, 2.75) is 79.6 Å². The predicted octanol–water partition coefficient (Wildman–Crippen LogP) is 6.99. The Balaban J connectivity index is 1.68. The molecule has 1 aliphatic heterocycles. The molecule has 0 spiro atoms. The van der Waals surface area contributed by atoms with Crippen LogP contribution in [0.1, 0.15) is 90.7 Å². The van der Waals surface area contributed by atoms with E-state index in [0.29, 0.717) is 60.3 Å². The maximum Gasteiger partial charge on any atom is 0.308 e. The molecule has 1 atom stereocenters. The maximum absolute atomic E-state index is 13.8. The van der Waals surface area contributed by atoms with E-state index in [4.69, 9.17) is 14.2 Å². The number of benzene rings is 2. The summed E-state index contributed by atoms with van der Waals surface area (Å²) in [4.78, 5) is 51.4. The second-order valence-electron chi connectivity index (χ2n) is 13.3. The van der Waals surface area contributed by atoms with Crippen LogP contribution in [0.2, 0.25) is 0 Å². The van der Waals surface area contributed by atoms with Crippen LogP contribution in [0.25, 0.3) is 0 Å². The average molecular weight is 571 g/mol. The molecule has 0 saturated heterocycles.